The van der Waals surface area contributed by atoms with Crippen molar-refractivity contribution in [3.8, 4) is 5.75 Å². The largest absolute Gasteiger partial charge is 0.483 e. The monoisotopic (exact) mass is 265 g/mol. The standard InChI is InChI=1S/C13H16FN3O2/c1-3-12-16-13(19-17-12)8-18-11-5-4-10(14)6-9(11)7-15-2/h4-6,15H,3,7-8H2,1-2H3. The first kappa shape index (κ1) is 13.5. The Hall–Kier alpha value is -1.95. The summed E-state index contributed by atoms with van der Waals surface area (Å²) in [5, 5.41) is 6.75. The number of benzene rings is 1. The van der Waals surface area contributed by atoms with Crippen LogP contribution in [-0.2, 0) is 19.6 Å². The Morgan fingerprint density at radius 1 is 1.42 bits per heavy atom. The van der Waals surface area contributed by atoms with E-state index in [1.54, 1.807) is 13.1 Å². The molecule has 0 saturated carbocycles. The van der Waals surface area contributed by atoms with Crippen LogP contribution >= 0.6 is 0 Å². The summed E-state index contributed by atoms with van der Waals surface area (Å²) < 4.78 is 23.8. The normalized spacial score (nSPS) is 10.7. The van der Waals surface area contributed by atoms with Gasteiger partial charge in [-0.3, -0.25) is 0 Å². The molecule has 1 aromatic heterocycles. The zero-order chi connectivity index (χ0) is 13.7. The first-order valence-electron chi connectivity index (χ1n) is 6.10. The van der Waals surface area contributed by atoms with Crippen LogP contribution in [0.1, 0.15) is 24.2 Å². The highest BCUT2D eigenvalue weighted by Crippen LogP contribution is 2.20. The topological polar surface area (TPSA) is 60.2 Å². The lowest BCUT2D eigenvalue weighted by atomic mass is 10.2. The number of hydrogen-bond acceptors (Lipinski definition) is 5. The number of hydrogen-bond donors (Lipinski definition) is 1. The Morgan fingerprint density at radius 3 is 2.95 bits per heavy atom. The van der Waals surface area contributed by atoms with Gasteiger partial charge in [0, 0.05) is 18.5 Å². The summed E-state index contributed by atoms with van der Waals surface area (Å²) in [7, 11) is 1.79. The van der Waals surface area contributed by atoms with Gasteiger partial charge in [0.1, 0.15) is 11.6 Å². The second-order valence-electron chi connectivity index (χ2n) is 4.03. The van der Waals surface area contributed by atoms with E-state index in [4.69, 9.17) is 9.26 Å². The number of aryl methyl sites for hydroxylation is 1. The van der Waals surface area contributed by atoms with Crippen LogP contribution in [0.25, 0.3) is 0 Å². The smallest absolute Gasteiger partial charge is 0.264 e. The molecule has 2 aromatic rings. The van der Waals surface area contributed by atoms with Gasteiger partial charge in [-0.1, -0.05) is 12.1 Å². The fourth-order valence-corrected chi connectivity index (χ4v) is 1.65. The summed E-state index contributed by atoms with van der Waals surface area (Å²) >= 11 is 0. The fourth-order valence-electron chi connectivity index (χ4n) is 1.65. The van der Waals surface area contributed by atoms with E-state index in [0.717, 1.165) is 5.56 Å². The average Bonchev–Trinajstić information content (AvgIpc) is 2.86. The molecule has 1 aromatic carbocycles. The van der Waals surface area contributed by atoms with Crippen molar-refractivity contribution < 1.29 is 13.7 Å². The van der Waals surface area contributed by atoms with Gasteiger partial charge in [-0.2, -0.15) is 4.98 Å². The highest BCUT2D eigenvalue weighted by atomic mass is 19.1. The third-order valence-electron chi connectivity index (χ3n) is 2.57. The van der Waals surface area contributed by atoms with Crippen molar-refractivity contribution in [3.63, 3.8) is 0 Å². The van der Waals surface area contributed by atoms with Crippen LogP contribution < -0.4 is 10.1 Å². The predicted molar refractivity (Wildman–Crippen MR) is 67.2 cm³/mol. The molecule has 0 aliphatic rings. The van der Waals surface area contributed by atoms with E-state index in [-0.39, 0.29) is 12.4 Å². The highest BCUT2D eigenvalue weighted by molar-refractivity contribution is 5.33. The van der Waals surface area contributed by atoms with Gasteiger partial charge >= 0.3 is 0 Å². The van der Waals surface area contributed by atoms with E-state index >= 15 is 0 Å². The third kappa shape index (κ3) is 3.51. The molecule has 0 aliphatic heterocycles. The first-order chi connectivity index (χ1) is 9.22. The van der Waals surface area contributed by atoms with Crippen molar-refractivity contribution >= 4 is 0 Å². The predicted octanol–water partition coefficient (Wildman–Crippen LogP) is 2.07. The minimum Gasteiger partial charge on any atom is -0.483 e. The van der Waals surface area contributed by atoms with E-state index < -0.39 is 0 Å². The zero-order valence-corrected chi connectivity index (χ0v) is 10.9. The zero-order valence-electron chi connectivity index (χ0n) is 10.9. The molecule has 0 spiro atoms. The van der Waals surface area contributed by atoms with Gasteiger partial charge in [-0.05, 0) is 25.2 Å². The summed E-state index contributed by atoms with van der Waals surface area (Å²) in [6, 6.07) is 4.40. The van der Waals surface area contributed by atoms with Crippen LogP contribution in [-0.4, -0.2) is 17.2 Å². The summed E-state index contributed by atoms with van der Waals surface area (Å²) in [6.45, 7) is 2.65. The molecule has 0 fully saturated rings. The molecule has 0 radical (unpaired) electrons. The summed E-state index contributed by atoms with van der Waals surface area (Å²) in [6.07, 6.45) is 0.713. The third-order valence-corrected chi connectivity index (χ3v) is 2.57. The maximum absolute atomic E-state index is 13.2. The quantitative estimate of drug-likeness (QED) is 0.866. The molecular formula is C13H16FN3O2. The van der Waals surface area contributed by atoms with Crippen LogP contribution in [0.4, 0.5) is 4.39 Å². The molecule has 0 bridgehead atoms. The number of ether oxygens (including phenoxy) is 1. The van der Waals surface area contributed by atoms with Crippen molar-refractivity contribution in [1.82, 2.24) is 15.5 Å². The molecule has 0 saturated heterocycles. The van der Waals surface area contributed by atoms with Crippen LogP contribution in [0, 0.1) is 5.82 Å². The second-order valence-corrected chi connectivity index (χ2v) is 4.03. The van der Waals surface area contributed by atoms with Gasteiger partial charge in [0.15, 0.2) is 12.4 Å². The Bertz CT molecular complexity index is 542. The minimum atomic E-state index is -0.288. The van der Waals surface area contributed by atoms with E-state index in [2.05, 4.69) is 15.5 Å². The van der Waals surface area contributed by atoms with Gasteiger partial charge in [0.2, 0.25) is 0 Å². The fraction of sp³-hybridized carbons (Fsp3) is 0.385. The molecule has 102 valence electrons. The van der Waals surface area contributed by atoms with Gasteiger partial charge < -0.3 is 14.6 Å². The molecule has 6 heteroatoms. The summed E-state index contributed by atoms with van der Waals surface area (Å²) in [5.41, 5.74) is 0.748. The number of halogens is 1. The Balaban J connectivity index is 2.05. The van der Waals surface area contributed by atoms with Crippen molar-refractivity contribution in [2.45, 2.75) is 26.5 Å². The van der Waals surface area contributed by atoms with Crippen molar-refractivity contribution in [1.29, 1.82) is 0 Å². The molecule has 5 nitrogen and oxygen atoms in total. The highest BCUT2D eigenvalue weighted by Gasteiger charge is 2.09. The van der Waals surface area contributed by atoms with Crippen LogP contribution in [0.2, 0.25) is 0 Å². The van der Waals surface area contributed by atoms with Gasteiger partial charge in [-0.25, -0.2) is 4.39 Å². The van der Waals surface area contributed by atoms with Crippen LogP contribution in [0.5, 0.6) is 5.75 Å². The molecule has 0 atom stereocenters. The molecule has 1 heterocycles. The first-order valence-corrected chi connectivity index (χ1v) is 6.10. The molecule has 0 unspecified atom stereocenters. The van der Waals surface area contributed by atoms with Gasteiger partial charge in [-0.15, -0.1) is 0 Å². The summed E-state index contributed by atoms with van der Waals surface area (Å²) in [4.78, 5) is 4.14. The number of nitrogens with zero attached hydrogens (tertiary/aromatic N) is 2. The van der Waals surface area contributed by atoms with Gasteiger partial charge in [0.05, 0.1) is 0 Å². The lowest BCUT2D eigenvalue weighted by molar-refractivity contribution is 0.240. The minimum absolute atomic E-state index is 0.176. The average molecular weight is 265 g/mol. The Kier molecular flexibility index (Phi) is 4.46. The number of aromatic nitrogens is 2. The van der Waals surface area contributed by atoms with Crippen molar-refractivity contribution in [2.24, 2.45) is 0 Å². The number of nitrogens with one attached hydrogen (secondary N) is 1. The van der Waals surface area contributed by atoms with Crippen molar-refractivity contribution in [3.05, 3.63) is 41.3 Å². The maximum atomic E-state index is 13.2. The lowest BCUT2D eigenvalue weighted by Crippen LogP contribution is -2.08. The molecule has 1 N–H and O–H groups in total. The molecular weight excluding hydrogens is 249 g/mol. The maximum Gasteiger partial charge on any atom is 0.264 e. The van der Waals surface area contributed by atoms with Crippen LogP contribution in [0.15, 0.2) is 22.7 Å². The molecule has 2 rings (SSSR count). The van der Waals surface area contributed by atoms with E-state index in [9.17, 15) is 4.39 Å². The van der Waals surface area contributed by atoms with E-state index in [1.807, 2.05) is 6.92 Å². The van der Waals surface area contributed by atoms with Gasteiger partial charge in [0.25, 0.3) is 5.89 Å². The molecule has 0 aliphatic carbocycles. The second kappa shape index (κ2) is 6.29. The van der Waals surface area contributed by atoms with E-state index in [0.29, 0.717) is 30.4 Å². The SMILES string of the molecule is CCc1noc(COc2ccc(F)cc2CNC)n1. The number of rotatable bonds is 6. The van der Waals surface area contributed by atoms with E-state index in [1.165, 1.54) is 12.1 Å². The Labute approximate surface area is 110 Å². The lowest BCUT2D eigenvalue weighted by Gasteiger charge is -2.09. The summed E-state index contributed by atoms with van der Waals surface area (Å²) in [5.74, 6) is 1.38. The van der Waals surface area contributed by atoms with Crippen molar-refractivity contribution in [2.75, 3.05) is 7.05 Å². The molecule has 0 amide bonds. The Morgan fingerprint density at radius 2 is 2.26 bits per heavy atom. The van der Waals surface area contributed by atoms with Crippen LogP contribution in [0.3, 0.4) is 0 Å². The molecule has 19 heavy (non-hydrogen) atoms.